The van der Waals surface area contributed by atoms with Crippen LogP contribution in [0.3, 0.4) is 0 Å². The molecule has 0 unspecified atom stereocenters. The molecule has 31 heavy (non-hydrogen) atoms. The number of benzene rings is 2. The first-order chi connectivity index (χ1) is 14.8. The fourth-order valence-corrected chi connectivity index (χ4v) is 5.20. The van der Waals surface area contributed by atoms with Crippen molar-refractivity contribution in [1.82, 2.24) is 4.90 Å². The summed E-state index contributed by atoms with van der Waals surface area (Å²) in [5.41, 5.74) is 1.49. The van der Waals surface area contributed by atoms with E-state index in [1.807, 2.05) is 67.3 Å². The maximum atomic E-state index is 13.9. The molecule has 2 aromatic rings. The lowest BCUT2D eigenvalue weighted by molar-refractivity contribution is -0.154. The molecule has 1 heterocycles. The molecule has 0 saturated carbocycles. The Kier molecular flexibility index (Phi) is 7.61. The molecule has 1 saturated heterocycles. The fourth-order valence-electron chi connectivity index (χ4n) is 4.88. The van der Waals surface area contributed by atoms with Crippen molar-refractivity contribution in [2.24, 2.45) is 5.41 Å². The van der Waals surface area contributed by atoms with Gasteiger partial charge in [0.15, 0.2) is 0 Å². The van der Waals surface area contributed by atoms with Gasteiger partial charge >= 0.3 is 0 Å². The molecule has 0 spiro atoms. The van der Waals surface area contributed by atoms with Crippen molar-refractivity contribution in [2.45, 2.75) is 57.5 Å². The number of carbonyl (C=O) groups is 2. The molecule has 3 nitrogen and oxygen atoms in total. The standard InChI is InChI=1S/C26H29Cl2NO2/c1-4-14-26(3)17-23(19-7-6-8-21(28)16-19)24(18-9-11-20(27)12-10-18)29(25(26)31)22(5-2)13-15-30/h4,6-12,15-16,22-24H,1,5,13-14,17H2,2-3H3/t22-,23-,24+,26-/m0/s1. The monoisotopic (exact) mass is 457 g/mol. The first-order valence-corrected chi connectivity index (χ1v) is 11.5. The highest BCUT2D eigenvalue weighted by Gasteiger charge is 2.50. The molecule has 5 heteroatoms. The van der Waals surface area contributed by atoms with Crippen LogP contribution in [0, 0.1) is 5.41 Å². The van der Waals surface area contributed by atoms with Crippen LogP contribution >= 0.6 is 23.2 Å². The third-order valence-electron chi connectivity index (χ3n) is 6.42. The molecule has 164 valence electrons. The van der Waals surface area contributed by atoms with Crippen LogP contribution in [0.1, 0.15) is 62.6 Å². The number of nitrogens with zero attached hydrogens (tertiary/aromatic N) is 1. The molecular weight excluding hydrogens is 429 g/mol. The Morgan fingerprint density at radius 3 is 2.45 bits per heavy atom. The largest absolute Gasteiger partial charge is 0.331 e. The summed E-state index contributed by atoms with van der Waals surface area (Å²) in [6.07, 6.45) is 4.96. The first-order valence-electron chi connectivity index (χ1n) is 10.7. The van der Waals surface area contributed by atoms with Gasteiger partial charge in [0.05, 0.1) is 11.5 Å². The first kappa shape index (κ1) is 23.6. The van der Waals surface area contributed by atoms with Crippen LogP contribution in [-0.4, -0.2) is 23.1 Å². The minimum Gasteiger partial charge on any atom is -0.331 e. The number of hydrogen-bond donors (Lipinski definition) is 0. The van der Waals surface area contributed by atoms with E-state index in [4.69, 9.17) is 23.2 Å². The van der Waals surface area contributed by atoms with E-state index in [0.29, 0.717) is 35.7 Å². The van der Waals surface area contributed by atoms with Gasteiger partial charge < -0.3 is 9.69 Å². The van der Waals surface area contributed by atoms with E-state index < -0.39 is 5.41 Å². The van der Waals surface area contributed by atoms with Crippen LogP contribution in [0.2, 0.25) is 10.0 Å². The smallest absolute Gasteiger partial charge is 0.229 e. The van der Waals surface area contributed by atoms with Crippen LogP contribution < -0.4 is 0 Å². The average molecular weight is 458 g/mol. The number of halogens is 2. The van der Waals surface area contributed by atoms with Crippen LogP contribution in [0.5, 0.6) is 0 Å². The molecule has 2 aromatic carbocycles. The number of amides is 1. The molecule has 1 fully saturated rings. The molecular formula is C26H29Cl2NO2. The lowest BCUT2D eigenvalue weighted by Gasteiger charge is -2.52. The Morgan fingerprint density at radius 2 is 1.87 bits per heavy atom. The molecule has 0 N–H and O–H groups in total. The lowest BCUT2D eigenvalue weighted by atomic mass is 9.67. The van der Waals surface area contributed by atoms with Gasteiger partial charge in [0.1, 0.15) is 6.29 Å². The maximum absolute atomic E-state index is 13.9. The summed E-state index contributed by atoms with van der Waals surface area (Å²) in [4.78, 5) is 27.4. The summed E-state index contributed by atoms with van der Waals surface area (Å²) in [7, 11) is 0. The summed E-state index contributed by atoms with van der Waals surface area (Å²) in [5.74, 6) is 0.0857. The Labute approximate surface area is 195 Å². The summed E-state index contributed by atoms with van der Waals surface area (Å²) in [6, 6.07) is 15.1. The highest BCUT2D eigenvalue weighted by atomic mass is 35.5. The SMILES string of the molecule is C=CC[C@@]1(C)C[C@@H](c2cccc(Cl)c2)[C@@H](c2ccc(Cl)cc2)N([C@@H](CC)CC=O)C1=O. The lowest BCUT2D eigenvalue weighted by Crippen LogP contribution is -2.55. The second kappa shape index (κ2) is 10.0. The zero-order chi connectivity index (χ0) is 22.6. The number of rotatable bonds is 8. The Bertz CT molecular complexity index is 943. The van der Waals surface area contributed by atoms with Gasteiger partial charge in [-0.1, -0.05) is 67.4 Å². The van der Waals surface area contributed by atoms with Gasteiger partial charge in [-0.2, -0.15) is 0 Å². The van der Waals surface area contributed by atoms with E-state index in [2.05, 4.69) is 12.6 Å². The minimum atomic E-state index is -0.603. The highest BCUT2D eigenvalue weighted by Crippen LogP contribution is 2.52. The second-order valence-corrected chi connectivity index (χ2v) is 9.47. The maximum Gasteiger partial charge on any atom is 0.229 e. The normalized spacial score (nSPS) is 24.6. The van der Waals surface area contributed by atoms with Crippen molar-refractivity contribution >= 4 is 35.4 Å². The van der Waals surface area contributed by atoms with Gasteiger partial charge in [-0.15, -0.1) is 6.58 Å². The van der Waals surface area contributed by atoms with Gasteiger partial charge in [-0.05, 0) is 54.7 Å². The number of hydrogen-bond acceptors (Lipinski definition) is 2. The molecule has 1 aliphatic rings. The molecule has 0 aliphatic carbocycles. The van der Waals surface area contributed by atoms with Crippen LogP contribution in [0.25, 0.3) is 0 Å². The van der Waals surface area contributed by atoms with E-state index >= 15 is 0 Å². The van der Waals surface area contributed by atoms with E-state index in [1.54, 1.807) is 0 Å². The second-order valence-electron chi connectivity index (χ2n) is 8.59. The van der Waals surface area contributed by atoms with E-state index in [-0.39, 0.29) is 23.9 Å². The van der Waals surface area contributed by atoms with Gasteiger partial charge in [0.2, 0.25) is 5.91 Å². The molecule has 4 atom stereocenters. The molecule has 0 radical (unpaired) electrons. The van der Waals surface area contributed by atoms with Crippen molar-refractivity contribution in [3.8, 4) is 0 Å². The van der Waals surface area contributed by atoms with Gasteiger partial charge in [-0.3, -0.25) is 4.79 Å². The van der Waals surface area contributed by atoms with Crippen molar-refractivity contribution in [1.29, 1.82) is 0 Å². The third-order valence-corrected chi connectivity index (χ3v) is 6.91. The zero-order valence-corrected chi connectivity index (χ0v) is 19.6. The summed E-state index contributed by atoms with van der Waals surface area (Å²) in [6.45, 7) is 7.93. The summed E-state index contributed by atoms with van der Waals surface area (Å²) in [5, 5.41) is 1.31. The number of piperidine rings is 1. The number of carbonyl (C=O) groups excluding carboxylic acids is 2. The average Bonchev–Trinajstić information content (AvgIpc) is 2.75. The highest BCUT2D eigenvalue weighted by molar-refractivity contribution is 6.30. The molecule has 1 amide bonds. The topological polar surface area (TPSA) is 37.4 Å². The predicted molar refractivity (Wildman–Crippen MR) is 128 cm³/mol. The predicted octanol–water partition coefficient (Wildman–Crippen LogP) is 7.00. The van der Waals surface area contributed by atoms with Crippen LogP contribution in [0.15, 0.2) is 61.2 Å². The van der Waals surface area contributed by atoms with Crippen molar-refractivity contribution in [2.75, 3.05) is 0 Å². The number of likely N-dealkylation sites (tertiary alicyclic amines) is 1. The summed E-state index contributed by atoms with van der Waals surface area (Å²) >= 11 is 12.5. The fraction of sp³-hybridized carbons (Fsp3) is 0.385. The van der Waals surface area contributed by atoms with Crippen LogP contribution in [0.4, 0.5) is 0 Å². The Hall–Kier alpha value is -2.10. The third kappa shape index (κ3) is 4.88. The van der Waals surface area contributed by atoms with E-state index in [0.717, 1.165) is 17.4 Å². The molecule has 1 aliphatic heterocycles. The molecule has 0 aromatic heterocycles. The zero-order valence-electron chi connectivity index (χ0n) is 18.1. The van der Waals surface area contributed by atoms with Gasteiger partial charge in [-0.25, -0.2) is 0 Å². The van der Waals surface area contributed by atoms with Gasteiger partial charge in [0, 0.05) is 28.4 Å². The quantitative estimate of drug-likeness (QED) is 0.316. The number of allylic oxidation sites excluding steroid dienone is 1. The molecule has 0 bridgehead atoms. The van der Waals surface area contributed by atoms with Crippen molar-refractivity contribution in [3.05, 3.63) is 82.4 Å². The Balaban J connectivity index is 2.23. The Morgan fingerprint density at radius 1 is 1.16 bits per heavy atom. The number of aldehydes is 1. The van der Waals surface area contributed by atoms with Gasteiger partial charge in [0.25, 0.3) is 0 Å². The minimum absolute atomic E-state index is 0.0169. The van der Waals surface area contributed by atoms with E-state index in [1.165, 1.54) is 0 Å². The summed E-state index contributed by atoms with van der Waals surface area (Å²) < 4.78 is 0. The van der Waals surface area contributed by atoms with Crippen molar-refractivity contribution < 1.29 is 9.59 Å². The molecule has 3 rings (SSSR count). The van der Waals surface area contributed by atoms with E-state index in [9.17, 15) is 9.59 Å². The van der Waals surface area contributed by atoms with Crippen molar-refractivity contribution in [3.63, 3.8) is 0 Å². The van der Waals surface area contributed by atoms with Crippen LogP contribution in [-0.2, 0) is 9.59 Å².